The molecule has 0 bridgehead atoms. The first-order valence-electron chi connectivity index (χ1n) is 7.78. The van der Waals surface area contributed by atoms with E-state index in [0.717, 1.165) is 25.2 Å². The molecule has 0 spiro atoms. The number of hydrogen-bond acceptors (Lipinski definition) is 11. The SMILES string of the molecule is CC(C)(O/N=C(\C(=O)N[C@@H]1C(=O)N(S(=O)(=O)O)[C@@H]1C(N)=O)c1csc(N)n1)C(=O)O. The van der Waals surface area contributed by atoms with Gasteiger partial charge in [-0.1, -0.05) is 5.16 Å². The average Bonchev–Trinajstić information content (AvgIpc) is 3.01. The van der Waals surface area contributed by atoms with Gasteiger partial charge in [-0.25, -0.2) is 9.78 Å². The summed E-state index contributed by atoms with van der Waals surface area (Å²) in [5.41, 5.74) is 7.94. The van der Waals surface area contributed by atoms with Crippen LogP contribution in [0.1, 0.15) is 19.5 Å². The maximum atomic E-state index is 12.6. The number of rotatable bonds is 8. The van der Waals surface area contributed by atoms with Crippen molar-refractivity contribution in [2.45, 2.75) is 31.5 Å². The van der Waals surface area contributed by atoms with Crippen LogP contribution in [0.4, 0.5) is 5.13 Å². The van der Waals surface area contributed by atoms with E-state index in [9.17, 15) is 27.6 Å². The zero-order chi connectivity index (χ0) is 23.0. The highest BCUT2D eigenvalue weighted by molar-refractivity contribution is 7.84. The summed E-state index contributed by atoms with van der Waals surface area (Å²) in [5, 5.41) is 15.9. The summed E-state index contributed by atoms with van der Waals surface area (Å²) < 4.78 is 31.3. The number of nitrogens with one attached hydrogen (secondary N) is 1. The number of thiazole rings is 1. The van der Waals surface area contributed by atoms with Gasteiger partial charge in [0.25, 0.3) is 11.8 Å². The van der Waals surface area contributed by atoms with Crippen LogP contribution in [0, 0.1) is 0 Å². The molecule has 1 aromatic heterocycles. The molecular formula is C13H16N6O9S2. The Kier molecular flexibility index (Phi) is 6.00. The van der Waals surface area contributed by atoms with Crippen molar-refractivity contribution >= 4 is 56.2 Å². The average molecular weight is 464 g/mol. The predicted molar refractivity (Wildman–Crippen MR) is 99.2 cm³/mol. The van der Waals surface area contributed by atoms with Gasteiger partial charge < -0.3 is 26.7 Å². The number of nitrogen functional groups attached to an aromatic ring is 1. The number of aromatic nitrogens is 1. The lowest BCUT2D eigenvalue weighted by Crippen LogP contribution is -2.75. The van der Waals surface area contributed by atoms with Gasteiger partial charge in [0.15, 0.2) is 16.9 Å². The minimum atomic E-state index is -5.10. The van der Waals surface area contributed by atoms with E-state index in [0.29, 0.717) is 0 Å². The fraction of sp³-hybridized carbons (Fsp3) is 0.385. The molecule has 0 saturated carbocycles. The van der Waals surface area contributed by atoms with E-state index in [4.69, 9.17) is 26.0 Å². The summed E-state index contributed by atoms with van der Waals surface area (Å²) in [5.74, 6) is -5.24. The number of hydrogen-bond donors (Lipinski definition) is 5. The van der Waals surface area contributed by atoms with Crippen LogP contribution < -0.4 is 16.8 Å². The normalized spacial score (nSPS) is 19.8. The third kappa shape index (κ3) is 4.47. The molecule has 30 heavy (non-hydrogen) atoms. The number of primary amides is 1. The highest BCUT2D eigenvalue weighted by Gasteiger charge is 2.57. The minimum absolute atomic E-state index is 0.0234. The van der Waals surface area contributed by atoms with Gasteiger partial charge in [-0.2, -0.15) is 12.7 Å². The number of carboxylic acid groups (broad SMARTS) is 1. The summed E-state index contributed by atoms with van der Waals surface area (Å²) >= 11 is 0.910. The Balaban J connectivity index is 2.34. The Morgan fingerprint density at radius 2 is 2.00 bits per heavy atom. The number of carbonyl (C=O) groups excluding carboxylic acids is 3. The maximum Gasteiger partial charge on any atom is 0.363 e. The number of β-lactam (4-membered cyclic amide) rings is 1. The second kappa shape index (κ2) is 7.84. The molecule has 7 N–H and O–H groups in total. The predicted octanol–water partition coefficient (Wildman–Crippen LogP) is -2.71. The minimum Gasteiger partial charge on any atom is -0.478 e. The van der Waals surface area contributed by atoms with E-state index < -0.39 is 57.4 Å². The molecule has 1 aliphatic heterocycles. The summed E-state index contributed by atoms with van der Waals surface area (Å²) in [4.78, 5) is 56.0. The van der Waals surface area contributed by atoms with Gasteiger partial charge in [-0.15, -0.1) is 11.3 Å². The van der Waals surface area contributed by atoms with Crippen molar-refractivity contribution in [3.63, 3.8) is 0 Å². The first-order chi connectivity index (χ1) is 13.7. The summed E-state index contributed by atoms with van der Waals surface area (Å²) in [6, 6.07) is -3.64. The lowest BCUT2D eigenvalue weighted by Gasteiger charge is -2.41. The first-order valence-corrected chi connectivity index (χ1v) is 10.1. The van der Waals surface area contributed by atoms with E-state index in [1.807, 2.05) is 5.32 Å². The molecule has 17 heteroatoms. The van der Waals surface area contributed by atoms with E-state index in [1.165, 1.54) is 5.38 Å². The molecule has 1 fully saturated rings. The van der Waals surface area contributed by atoms with Crippen LogP contribution in [0.15, 0.2) is 10.5 Å². The van der Waals surface area contributed by atoms with Crippen molar-refractivity contribution in [1.82, 2.24) is 14.6 Å². The zero-order valence-corrected chi connectivity index (χ0v) is 16.9. The smallest absolute Gasteiger partial charge is 0.363 e. The van der Waals surface area contributed by atoms with Crippen LogP contribution in [0.2, 0.25) is 0 Å². The molecule has 0 aliphatic carbocycles. The number of oxime groups is 1. The van der Waals surface area contributed by atoms with Gasteiger partial charge in [-0.3, -0.25) is 18.9 Å². The number of nitrogens with two attached hydrogens (primary N) is 2. The largest absolute Gasteiger partial charge is 0.478 e. The number of carbonyl (C=O) groups is 4. The van der Waals surface area contributed by atoms with Gasteiger partial charge in [0.1, 0.15) is 11.7 Å². The highest BCUT2D eigenvalue weighted by Crippen LogP contribution is 2.24. The van der Waals surface area contributed by atoms with Gasteiger partial charge in [0.05, 0.1) is 0 Å². The Morgan fingerprint density at radius 1 is 1.40 bits per heavy atom. The van der Waals surface area contributed by atoms with E-state index in [1.54, 1.807) is 0 Å². The lowest BCUT2D eigenvalue weighted by atomic mass is 9.98. The van der Waals surface area contributed by atoms with Crippen molar-refractivity contribution in [1.29, 1.82) is 0 Å². The first kappa shape index (κ1) is 23.0. The van der Waals surface area contributed by atoms with E-state index in [-0.39, 0.29) is 15.1 Å². The van der Waals surface area contributed by atoms with Gasteiger partial charge in [0, 0.05) is 5.38 Å². The Hall–Kier alpha value is -3.31. The van der Waals surface area contributed by atoms with Crippen LogP contribution in [0.3, 0.4) is 0 Å². The Bertz CT molecular complexity index is 1050. The molecule has 2 heterocycles. The van der Waals surface area contributed by atoms with E-state index in [2.05, 4.69) is 10.1 Å². The molecule has 1 aliphatic rings. The topological polar surface area (TPSA) is 245 Å². The molecule has 3 amide bonds. The second-order valence-electron chi connectivity index (χ2n) is 6.33. The number of nitrogens with zero attached hydrogens (tertiary/aromatic N) is 3. The zero-order valence-electron chi connectivity index (χ0n) is 15.3. The number of carboxylic acids is 1. The maximum absolute atomic E-state index is 12.6. The fourth-order valence-electron chi connectivity index (χ4n) is 2.15. The molecule has 0 unspecified atom stereocenters. The fourth-order valence-corrected chi connectivity index (χ4v) is 3.55. The molecule has 1 saturated heterocycles. The Labute approximate surface area is 172 Å². The third-order valence-electron chi connectivity index (χ3n) is 3.74. The summed E-state index contributed by atoms with van der Waals surface area (Å²) in [6.07, 6.45) is 0. The lowest BCUT2D eigenvalue weighted by molar-refractivity contribution is -0.161. The second-order valence-corrected chi connectivity index (χ2v) is 8.51. The van der Waals surface area contributed by atoms with Crippen LogP contribution in [-0.4, -0.2) is 74.5 Å². The molecule has 1 aromatic rings. The molecule has 2 atom stereocenters. The third-order valence-corrected chi connectivity index (χ3v) is 5.32. The van der Waals surface area contributed by atoms with Crippen molar-refractivity contribution in [2.75, 3.05) is 5.73 Å². The van der Waals surface area contributed by atoms with Crippen LogP contribution in [-0.2, 0) is 34.3 Å². The van der Waals surface area contributed by atoms with Crippen molar-refractivity contribution < 1.29 is 42.1 Å². The van der Waals surface area contributed by atoms with Crippen LogP contribution in [0.5, 0.6) is 0 Å². The standard InChI is InChI=1S/C13H16N6O9S2/c1-13(2,11(23)24)28-18-5(4-3-29-12(15)16-4)9(21)17-6-7(8(14)20)19(10(6)22)30(25,26)27/h3,6-7H,1-2H3,(H2,14,20)(H2,15,16)(H,17,21)(H,23,24)(H,25,26,27)/b18-5-/t6-,7-/m0/s1. The molecular weight excluding hydrogens is 448 g/mol. The van der Waals surface area contributed by atoms with Crippen molar-refractivity contribution in [3.8, 4) is 0 Å². The van der Waals surface area contributed by atoms with Crippen LogP contribution >= 0.6 is 11.3 Å². The quantitative estimate of drug-likeness (QED) is 0.114. The molecule has 164 valence electrons. The highest BCUT2D eigenvalue weighted by atomic mass is 32.2. The van der Waals surface area contributed by atoms with Crippen molar-refractivity contribution in [3.05, 3.63) is 11.1 Å². The van der Waals surface area contributed by atoms with Crippen molar-refractivity contribution in [2.24, 2.45) is 10.9 Å². The number of aliphatic carboxylic acids is 1. The molecule has 0 radical (unpaired) electrons. The monoisotopic (exact) mass is 464 g/mol. The molecule has 0 aromatic carbocycles. The number of anilines is 1. The van der Waals surface area contributed by atoms with E-state index >= 15 is 0 Å². The summed E-state index contributed by atoms with van der Waals surface area (Å²) in [6.45, 7) is 2.29. The van der Waals surface area contributed by atoms with Gasteiger partial charge in [0.2, 0.25) is 11.5 Å². The van der Waals surface area contributed by atoms with Gasteiger partial charge >= 0.3 is 16.3 Å². The van der Waals surface area contributed by atoms with Crippen LogP contribution in [0.25, 0.3) is 0 Å². The molecule has 15 nitrogen and oxygen atoms in total. The van der Waals surface area contributed by atoms with Gasteiger partial charge in [-0.05, 0) is 13.8 Å². The Morgan fingerprint density at radius 3 is 2.43 bits per heavy atom. The number of amides is 3. The molecule has 2 rings (SSSR count). The summed E-state index contributed by atoms with van der Waals surface area (Å²) in [7, 11) is -5.10.